The molecule has 1 amide bonds. The molecule has 3 atom stereocenters. The monoisotopic (exact) mass is 336 g/mol. The van der Waals surface area contributed by atoms with E-state index in [1.54, 1.807) is 0 Å². The molecule has 3 nitrogen and oxygen atoms in total. The molecule has 3 unspecified atom stereocenters. The van der Waals surface area contributed by atoms with Gasteiger partial charge in [-0.3, -0.25) is 4.79 Å². The summed E-state index contributed by atoms with van der Waals surface area (Å²) in [5.41, 5.74) is 3.90. The van der Waals surface area contributed by atoms with Gasteiger partial charge in [0.1, 0.15) is 0 Å². The lowest BCUT2D eigenvalue weighted by atomic mass is 9.85. The molecule has 1 saturated heterocycles. The molecule has 4 heteroatoms. The molecule has 2 N–H and O–H groups in total. The highest BCUT2D eigenvalue weighted by Crippen LogP contribution is 2.33. The average molecular weight is 337 g/mol. The van der Waals surface area contributed by atoms with Crippen LogP contribution in [0.15, 0.2) is 18.2 Å². The number of benzene rings is 1. The topological polar surface area (TPSA) is 41.1 Å². The van der Waals surface area contributed by atoms with Crippen LogP contribution < -0.4 is 10.6 Å². The van der Waals surface area contributed by atoms with Crippen LogP contribution in [-0.4, -0.2) is 24.5 Å². The van der Waals surface area contributed by atoms with Crippen LogP contribution in [0.25, 0.3) is 0 Å². The molecule has 0 spiro atoms. The normalized spacial score (nSPS) is 26.3. The van der Waals surface area contributed by atoms with Gasteiger partial charge in [0.25, 0.3) is 0 Å². The first kappa shape index (κ1) is 18.3. The molecular formula is C19H29ClN2O. The van der Waals surface area contributed by atoms with Crippen LogP contribution in [0.2, 0.25) is 0 Å². The average Bonchev–Trinajstić information content (AvgIpc) is 2.90. The first-order valence-electron chi connectivity index (χ1n) is 8.73. The van der Waals surface area contributed by atoms with Crippen LogP contribution in [0, 0.1) is 19.8 Å². The Labute approximate surface area is 146 Å². The van der Waals surface area contributed by atoms with Crippen molar-refractivity contribution < 1.29 is 4.79 Å². The molecule has 1 heterocycles. The highest BCUT2D eigenvalue weighted by molar-refractivity contribution is 5.85. The van der Waals surface area contributed by atoms with Crippen LogP contribution in [-0.2, 0) is 11.2 Å². The number of fused-ring (bicyclic) bond motifs is 1. The molecule has 1 aliphatic carbocycles. The zero-order chi connectivity index (χ0) is 15.5. The van der Waals surface area contributed by atoms with E-state index in [1.165, 1.54) is 42.4 Å². The molecule has 0 aromatic heterocycles. The van der Waals surface area contributed by atoms with Gasteiger partial charge in [-0.25, -0.2) is 0 Å². The summed E-state index contributed by atoms with van der Waals surface area (Å²) in [6.45, 7) is 4.98. The summed E-state index contributed by atoms with van der Waals surface area (Å²) in [4.78, 5) is 12.3. The zero-order valence-electron chi connectivity index (χ0n) is 14.2. The molecule has 0 bridgehead atoms. The predicted molar refractivity (Wildman–Crippen MR) is 97.2 cm³/mol. The minimum Gasteiger partial charge on any atom is -0.354 e. The maximum absolute atomic E-state index is 12.3. The van der Waals surface area contributed by atoms with Crippen LogP contribution in [0.3, 0.4) is 0 Å². The van der Waals surface area contributed by atoms with E-state index in [9.17, 15) is 4.79 Å². The van der Waals surface area contributed by atoms with E-state index in [-0.39, 0.29) is 24.4 Å². The third kappa shape index (κ3) is 4.71. The second-order valence-electron chi connectivity index (χ2n) is 7.14. The van der Waals surface area contributed by atoms with Crippen LogP contribution in [0.1, 0.15) is 48.8 Å². The Hall–Kier alpha value is -1.06. The molecule has 3 rings (SSSR count). The fourth-order valence-electron chi connectivity index (χ4n) is 4.19. The number of hydrogen-bond donors (Lipinski definition) is 2. The van der Waals surface area contributed by atoms with Gasteiger partial charge in [-0.05, 0) is 51.0 Å². The largest absolute Gasteiger partial charge is 0.354 e. The van der Waals surface area contributed by atoms with E-state index >= 15 is 0 Å². The van der Waals surface area contributed by atoms with E-state index in [0.29, 0.717) is 6.04 Å². The van der Waals surface area contributed by atoms with Crippen molar-refractivity contribution in [3.8, 4) is 0 Å². The maximum atomic E-state index is 12.3. The van der Waals surface area contributed by atoms with Crippen molar-refractivity contribution in [3.05, 3.63) is 34.9 Å². The van der Waals surface area contributed by atoms with Gasteiger partial charge in [0, 0.05) is 12.6 Å². The number of hydrogen-bond acceptors (Lipinski definition) is 2. The van der Waals surface area contributed by atoms with Crippen LogP contribution >= 0.6 is 12.4 Å². The number of aryl methyl sites for hydroxylation is 2. The van der Waals surface area contributed by atoms with Crippen molar-refractivity contribution in [1.82, 2.24) is 10.6 Å². The summed E-state index contributed by atoms with van der Waals surface area (Å²) in [7, 11) is 0. The summed E-state index contributed by atoms with van der Waals surface area (Å²) in [6.07, 6.45) is 7.13. The molecular weight excluding hydrogens is 308 g/mol. The summed E-state index contributed by atoms with van der Waals surface area (Å²) >= 11 is 0. The summed E-state index contributed by atoms with van der Waals surface area (Å²) < 4.78 is 0. The zero-order valence-corrected chi connectivity index (χ0v) is 15.0. The van der Waals surface area contributed by atoms with Crippen molar-refractivity contribution >= 4 is 18.3 Å². The Kier molecular flexibility index (Phi) is 6.49. The van der Waals surface area contributed by atoms with Crippen molar-refractivity contribution in [2.45, 2.75) is 64.5 Å². The van der Waals surface area contributed by atoms with Crippen LogP contribution in [0.5, 0.6) is 0 Å². The number of nitrogens with one attached hydrogen (secondary N) is 2. The summed E-state index contributed by atoms with van der Waals surface area (Å²) in [6, 6.07) is 7.23. The van der Waals surface area contributed by atoms with Gasteiger partial charge < -0.3 is 10.6 Å². The smallest absolute Gasteiger partial charge is 0.237 e. The minimum absolute atomic E-state index is 0. The van der Waals surface area contributed by atoms with Gasteiger partial charge in [-0.2, -0.15) is 0 Å². The molecule has 1 aliphatic heterocycles. The Balaban J connectivity index is 0.00000192. The molecule has 23 heavy (non-hydrogen) atoms. The molecule has 0 radical (unpaired) electrons. The standard InChI is InChI=1S/C19H28N2O.ClH/c1-13-9-14(2)11-15(10-13)7-8-20-19(22)18-12-16-5-3-4-6-17(16)21-18;/h9-11,16-18,21H,3-8,12H2,1-2H3,(H,20,22);1H. The summed E-state index contributed by atoms with van der Waals surface area (Å²) in [5, 5.41) is 6.67. The molecule has 1 saturated carbocycles. The van der Waals surface area contributed by atoms with Crippen molar-refractivity contribution in [3.63, 3.8) is 0 Å². The van der Waals surface area contributed by atoms with Gasteiger partial charge in [-0.1, -0.05) is 42.2 Å². The molecule has 128 valence electrons. The Bertz CT molecular complexity index is 512. The van der Waals surface area contributed by atoms with Gasteiger partial charge in [-0.15, -0.1) is 12.4 Å². The van der Waals surface area contributed by atoms with E-state index in [0.717, 1.165) is 25.3 Å². The Morgan fingerprint density at radius 3 is 2.57 bits per heavy atom. The third-order valence-corrected chi connectivity index (χ3v) is 5.17. The number of carbonyl (C=O) groups excluding carboxylic acids is 1. The number of halogens is 1. The third-order valence-electron chi connectivity index (χ3n) is 5.17. The number of carbonyl (C=O) groups is 1. The maximum Gasteiger partial charge on any atom is 0.237 e. The molecule has 1 aromatic carbocycles. The van der Waals surface area contributed by atoms with Crippen LogP contribution in [0.4, 0.5) is 0 Å². The highest BCUT2D eigenvalue weighted by Gasteiger charge is 2.37. The molecule has 1 aromatic rings. The van der Waals surface area contributed by atoms with Crippen molar-refractivity contribution in [1.29, 1.82) is 0 Å². The Morgan fingerprint density at radius 1 is 1.17 bits per heavy atom. The van der Waals surface area contributed by atoms with Gasteiger partial charge in [0.15, 0.2) is 0 Å². The molecule has 2 aliphatic rings. The predicted octanol–water partition coefficient (Wildman–Crippen LogP) is 3.30. The first-order chi connectivity index (χ1) is 10.6. The lowest BCUT2D eigenvalue weighted by molar-refractivity contribution is -0.122. The number of rotatable bonds is 4. The summed E-state index contributed by atoms with van der Waals surface area (Å²) in [5.74, 6) is 0.919. The van der Waals surface area contributed by atoms with E-state index in [4.69, 9.17) is 0 Å². The van der Waals surface area contributed by atoms with E-state index in [1.807, 2.05) is 0 Å². The second kappa shape index (κ2) is 8.16. The van der Waals surface area contributed by atoms with E-state index < -0.39 is 0 Å². The van der Waals surface area contributed by atoms with Gasteiger partial charge >= 0.3 is 0 Å². The van der Waals surface area contributed by atoms with Gasteiger partial charge in [0.2, 0.25) is 5.91 Å². The van der Waals surface area contributed by atoms with E-state index in [2.05, 4.69) is 42.7 Å². The number of amides is 1. The lowest BCUT2D eigenvalue weighted by Crippen LogP contribution is -2.43. The SMILES string of the molecule is Cc1cc(C)cc(CCNC(=O)C2CC3CCCCC3N2)c1.Cl. The minimum atomic E-state index is 0. The lowest BCUT2D eigenvalue weighted by Gasteiger charge is -2.24. The first-order valence-corrected chi connectivity index (χ1v) is 8.73. The van der Waals surface area contributed by atoms with Gasteiger partial charge in [0.05, 0.1) is 6.04 Å². The quantitative estimate of drug-likeness (QED) is 0.885. The fourth-order valence-corrected chi connectivity index (χ4v) is 4.19. The molecule has 2 fully saturated rings. The second-order valence-corrected chi connectivity index (χ2v) is 7.14. The fraction of sp³-hybridized carbons (Fsp3) is 0.632. The Morgan fingerprint density at radius 2 is 1.87 bits per heavy atom. The van der Waals surface area contributed by atoms with Crippen molar-refractivity contribution in [2.24, 2.45) is 5.92 Å². The highest BCUT2D eigenvalue weighted by atomic mass is 35.5. The van der Waals surface area contributed by atoms with Crippen molar-refractivity contribution in [2.75, 3.05) is 6.54 Å².